The Balaban J connectivity index is 2.13. The standard InChI is InChI=1S/C17H26N6O4S/c1-9(17(27)22(2)3)11(7-19-14(25)13(18)24)20-15(26)16-21-10-5-6-23(4)8-12(10)28-16/h9,11H,5-8H2,1-4H3,(H2,18,24)(H,19,25)(H,20,26)/t9?,11-/m0/s1. The number of hydrogen-bond donors (Lipinski definition) is 3. The van der Waals surface area contributed by atoms with Gasteiger partial charge in [0.2, 0.25) is 5.91 Å². The lowest BCUT2D eigenvalue weighted by molar-refractivity contribution is -0.137. The van der Waals surface area contributed by atoms with Crippen LogP contribution >= 0.6 is 11.3 Å². The van der Waals surface area contributed by atoms with Crippen molar-refractivity contribution in [2.45, 2.75) is 25.9 Å². The molecule has 2 heterocycles. The molecule has 1 unspecified atom stereocenters. The first-order chi connectivity index (χ1) is 13.1. The van der Waals surface area contributed by atoms with Crippen LogP contribution < -0.4 is 16.4 Å². The van der Waals surface area contributed by atoms with Gasteiger partial charge in [-0.1, -0.05) is 6.92 Å². The van der Waals surface area contributed by atoms with Gasteiger partial charge in [-0.15, -0.1) is 11.3 Å². The van der Waals surface area contributed by atoms with Gasteiger partial charge in [0.25, 0.3) is 5.91 Å². The van der Waals surface area contributed by atoms with Crippen LogP contribution in [0.4, 0.5) is 0 Å². The van der Waals surface area contributed by atoms with Crippen molar-refractivity contribution in [1.82, 2.24) is 25.4 Å². The van der Waals surface area contributed by atoms with Crippen LogP contribution in [0.5, 0.6) is 0 Å². The molecule has 0 aliphatic carbocycles. The molecular weight excluding hydrogens is 384 g/mol. The highest BCUT2D eigenvalue weighted by Gasteiger charge is 2.29. The summed E-state index contributed by atoms with van der Waals surface area (Å²) in [6, 6.07) is -0.727. The Hall–Kier alpha value is -2.53. The van der Waals surface area contributed by atoms with Crippen molar-refractivity contribution < 1.29 is 19.2 Å². The summed E-state index contributed by atoms with van der Waals surface area (Å²) in [6.45, 7) is 3.16. The second-order valence-corrected chi connectivity index (χ2v) is 8.14. The third kappa shape index (κ3) is 5.26. The van der Waals surface area contributed by atoms with E-state index in [9.17, 15) is 19.2 Å². The number of hydrogen-bond acceptors (Lipinski definition) is 7. The van der Waals surface area contributed by atoms with Crippen molar-refractivity contribution in [3.8, 4) is 0 Å². The van der Waals surface area contributed by atoms with E-state index in [1.54, 1.807) is 21.0 Å². The maximum Gasteiger partial charge on any atom is 0.309 e. The van der Waals surface area contributed by atoms with Gasteiger partial charge in [-0.25, -0.2) is 4.98 Å². The summed E-state index contributed by atoms with van der Waals surface area (Å²) in [6.07, 6.45) is 0.781. The first-order valence-corrected chi connectivity index (χ1v) is 9.68. The molecule has 0 bridgehead atoms. The molecule has 10 nitrogen and oxygen atoms in total. The maximum absolute atomic E-state index is 12.7. The predicted molar refractivity (Wildman–Crippen MR) is 103 cm³/mol. The molecule has 28 heavy (non-hydrogen) atoms. The molecular formula is C17H26N6O4S. The number of nitrogens with zero attached hydrogens (tertiary/aromatic N) is 3. The molecule has 2 atom stereocenters. The molecule has 154 valence electrons. The fourth-order valence-corrected chi connectivity index (χ4v) is 3.96. The Morgan fingerprint density at radius 3 is 2.61 bits per heavy atom. The fraction of sp³-hybridized carbons (Fsp3) is 0.588. The summed E-state index contributed by atoms with van der Waals surface area (Å²) in [7, 11) is 5.21. The summed E-state index contributed by atoms with van der Waals surface area (Å²) in [5.41, 5.74) is 5.86. The highest BCUT2D eigenvalue weighted by molar-refractivity contribution is 7.13. The van der Waals surface area contributed by atoms with Gasteiger partial charge in [0.1, 0.15) is 0 Å². The average Bonchev–Trinajstić information content (AvgIpc) is 3.06. The van der Waals surface area contributed by atoms with Gasteiger partial charge in [0.05, 0.1) is 17.7 Å². The minimum absolute atomic E-state index is 0.109. The minimum Gasteiger partial charge on any atom is -0.361 e. The molecule has 0 saturated heterocycles. The predicted octanol–water partition coefficient (Wildman–Crippen LogP) is -1.44. The van der Waals surface area contributed by atoms with E-state index in [1.165, 1.54) is 16.2 Å². The molecule has 4 amide bonds. The van der Waals surface area contributed by atoms with Crippen molar-refractivity contribution in [3.63, 3.8) is 0 Å². The Labute approximate surface area is 167 Å². The molecule has 0 spiro atoms. The molecule has 4 N–H and O–H groups in total. The van der Waals surface area contributed by atoms with E-state index in [4.69, 9.17) is 5.73 Å². The lowest BCUT2D eigenvalue weighted by atomic mass is 10.00. The van der Waals surface area contributed by atoms with Crippen molar-refractivity contribution in [2.24, 2.45) is 11.7 Å². The van der Waals surface area contributed by atoms with E-state index in [-0.39, 0.29) is 12.5 Å². The first-order valence-electron chi connectivity index (χ1n) is 8.87. The highest BCUT2D eigenvalue weighted by Crippen LogP contribution is 2.24. The summed E-state index contributed by atoms with van der Waals surface area (Å²) in [4.78, 5) is 56.5. The van der Waals surface area contributed by atoms with E-state index < -0.39 is 29.7 Å². The van der Waals surface area contributed by atoms with Crippen LogP contribution in [0.15, 0.2) is 0 Å². The van der Waals surface area contributed by atoms with Crippen LogP contribution in [-0.4, -0.2) is 78.7 Å². The van der Waals surface area contributed by atoms with Gasteiger partial charge in [-0.2, -0.15) is 0 Å². The lowest BCUT2D eigenvalue weighted by Crippen LogP contribution is -2.52. The quantitative estimate of drug-likeness (QED) is 0.491. The second kappa shape index (κ2) is 9.11. The minimum atomic E-state index is -1.13. The van der Waals surface area contributed by atoms with E-state index in [0.29, 0.717) is 5.01 Å². The monoisotopic (exact) mass is 410 g/mol. The van der Waals surface area contributed by atoms with E-state index in [1.807, 2.05) is 7.05 Å². The number of nitrogens with two attached hydrogens (primary N) is 1. The van der Waals surface area contributed by atoms with Crippen LogP contribution in [0.25, 0.3) is 0 Å². The van der Waals surface area contributed by atoms with Crippen molar-refractivity contribution in [3.05, 3.63) is 15.6 Å². The van der Waals surface area contributed by atoms with Gasteiger partial charge in [-0.05, 0) is 7.05 Å². The molecule has 1 aromatic heterocycles. The molecule has 1 aromatic rings. The van der Waals surface area contributed by atoms with Gasteiger partial charge >= 0.3 is 11.8 Å². The van der Waals surface area contributed by atoms with Crippen molar-refractivity contribution >= 4 is 35.0 Å². The molecule has 0 fully saturated rings. The number of thiazole rings is 1. The van der Waals surface area contributed by atoms with Gasteiger partial charge in [0, 0.05) is 45.0 Å². The number of carbonyl (C=O) groups is 4. The number of rotatable bonds is 6. The summed E-state index contributed by atoms with van der Waals surface area (Å²) >= 11 is 1.32. The molecule has 1 aliphatic heterocycles. The third-order valence-electron chi connectivity index (χ3n) is 4.57. The Kier molecular flexibility index (Phi) is 7.08. The lowest BCUT2D eigenvalue weighted by Gasteiger charge is -2.26. The van der Waals surface area contributed by atoms with Crippen LogP contribution in [0, 0.1) is 5.92 Å². The number of amides is 4. The van der Waals surface area contributed by atoms with Crippen LogP contribution in [0.2, 0.25) is 0 Å². The van der Waals surface area contributed by atoms with Crippen LogP contribution in [0.1, 0.15) is 27.3 Å². The number of nitrogens with one attached hydrogen (secondary N) is 2. The van der Waals surface area contributed by atoms with Gasteiger partial charge < -0.3 is 26.2 Å². The molecule has 1 aliphatic rings. The zero-order valence-electron chi connectivity index (χ0n) is 16.4. The Bertz CT molecular complexity index is 778. The van der Waals surface area contributed by atoms with E-state index >= 15 is 0 Å². The van der Waals surface area contributed by atoms with Gasteiger partial charge in [-0.3, -0.25) is 19.2 Å². The summed E-state index contributed by atoms with van der Waals surface area (Å²) in [5, 5.41) is 5.43. The van der Waals surface area contributed by atoms with Crippen molar-refractivity contribution in [1.29, 1.82) is 0 Å². The molecule has 0 saturated carbocycles. The number of carbonyl (C=O) groups excluding carboxylic acids is 4. The number of primary amides is 1. The maximum atomic E-state index is 12.7. The van der Waals surface area contributed by atoms with Crippen LogP contribution in [-0.2, 0) is 27.3 Å². The van der Waals surface area contributed by atoms with E-state index in [0.717, 1.165) is 30.1 Å². The zero-order valence-corrected chi connectivity index (χ0v) is 17.3. The first kappa shape index (κ1) is 21.8. The molecule has 11 heteroatoms. The average molecular weight is 411 g/mol. The normalized spacial score (nSPS) is 15.9. The van der Waals surface area contributed by atoms with Gasteiger partial charge in [0.15, 0.2) is 5.01 Å². The second-order valence-electron chi connectivity index (χ2n) is 7.05. The van der Waals surface area contributed by atoms with Crippen molar-refractivity contribution in [2.75, 3.05) is 34.2 Å². The molecule has 0 aromatic carbocycles. The number of aromatic nitrogens is 1. The number of likely N-dealkylation sites (N-methyl/N-ethyl adjacent to an activating group) is 1. The molecule has 0 radical (unpaired) electrons. The highest BCUT2D eigenvalue weighted by atomic mass is 32.1. The van der Waals surface area contributed by atoms with E-state index in [2.05, 4.69) is 20.5 Å². The zero-order chi connectivity index (χ0) is 21.0. The number of fused-ring (bicyclic) bond motifs is 1. The fourth-order valence-electron chi connectivity index (χ4n) is 2.87. The Morgan fingerprint density at radius 2 is 2.00 bits per heavy atom. The molecule has 2 rings (SSSR count). The summed E-state index contributed by atoms with van der Waals surface area (Å²) < 4.78 is 0. The Morgan fingerprint density at radius 1 is 1.32 bits per heavy atom. The SMILES string of the molecule is CC(C(=O)N(C)C)[C@H](CNC(=O)C(N)=O)NC(=O)c1nc2c(s1)CN(C)CC2. The van der Waals surface area contributed by atoms with Crippen LogP contribution in [0.3, 0.4) is 0 Å². The third-order valence-corrected chi connectivity index (χ3v) is 5.65. The summed E-state index contributed by atoms with van der Waals surface area (Å²) in [5.74, 6) is -3.38. The largest absolute Gasteiger partial charge is 0.361 e. The topological polar surface area (TPSA) is 138 Å². The smallest absolute Gasteiger partial charge is 0.309 e.